The summed E-state index contributed by atoms with van der Waals surface area (Å²) in [6, 6.07) is 79.4. The zero-order chi connectivity index (χ0) is 43.1. The van der Waals surface area contributed by atoms with Crippen molar-refractivity contribution in [3.05, 3.63) is 253 Å². The van der Waals surface area contributed by atoms with Crippen LogP contribution in [0.2, 0.25) is 0 Å². The third kappa shape index (κ3) is 7.28. The van der Waals surface area contributed by atoms with Crippen molar-refractivity contribution in [3.8, 4) is 39.1 Å². The zero-order valence-electron chi connectivity index (χ0n) is 36.1. The van der Waals surface area contributed by atoms with Crippen molar-refractivity contribution < 1.29 is 4.42 Å². The first-order valence-corrected chi connectivity index (χ1v) is 23.0. The van der Waals surface area contributed by atoms with Crippen LogP contribution in [0, 0.1) is 5.92 Å². The van der Waals surface area contributed by atoms with E-state index < -0.39 is 0 Å². The maximum atomic E-state index is 6.44. The second kappa shape index (κ2) is 16.6. The number of hydrogen-bond donors (Lipinski definition) is 0. The van der Waals surface area contributed by atoms with Gasteiger partial charge in [-0.2, -0.15) is 0 Å². The van der Waals surface area contributed by atoms with Crippen molar-refractivity contribution in [3.63, 3.8) is 0 Å². The summed E-state index contributed by atoms with van der Waals surface area (Å²) in [7, 11) is 0. The fourth-order valence-electron chi connectivity index (χ4n) is 10.3. The molecule has 2 nitrogen and oxygen atoms in total. The molecule has 1 aliphatic rings. The molecule has 0 spiro atoms. The van der Waals surface area contributed by atoms with E-state index in [4.69, 9.17) is 4.42 Å². The summed E-state index contributed by atoms with van der Waals surface area (Å²) in [6.07, 6.45) is 10.5. The van der Waals surface area contributed by atoms with Gasteiger partial charge in [-0.05, 0) is 118 Å². The molecule has 2 aromatic heterocycles. The summed E-state index contributed by atoms with van der Waals surface area (Å²) in [4.78, 5) is 0. The lowest BCUT2D eigenvalue weighted by Crippen LogP contribution is -2.06. The number of para-hydroxylation sites is 3. The molecule has 0 fully saturated rings. The highest BCUT2D eigenvalue weighted by molar-refractivity contribution is 6.12. The normalized spacial score (nSPS) is 14.3. The predicted molar refractivity (Wildman–Crippen MR) is 274 cm³/mol. The van der Waals surface area contributed by atoms with Crippen molar-refractivity contribution in [2.24, 2.45) is 5.92 Å². The van der Waals surface area contributed by atoms with E-state index in [9.17, 15) is 0 Å². The summed E-state index contributed by atoms with van der Waals surface area (Å²) in [5.41, 5.74) is 18.0. The van der Waals surface area contributed by atoms with Crippen LogP contribution in [0.3, 0.4) is 0 Å². The van der Waals surface area contributed by atoms with E-state index in [0.717, 1.165) is 46.8 Å². The van der Waals surface area contributed by atoms with Crippen LogP contribution in [0.4, 0.5) is 0 Å². The van der Waals surface area contributed by atoms with Gasteiger partial charge < -0.3 is 8.98 Å². The van der Waals surface area contributed by atoms with Crippen molar-refractivity contribution in [2.45, 2.75) is 25.2 Å². The molecular weight excluding hydrogens is 787 g/mol. The SMILES string of the molecule is C1=CC(CCC(c2ccc(-c3ccccc3)cc2)c2ccc(-c3cccc4c3oc3ccccc34)cc2)CC=C1c1ccc2c(c1)c1cc(-c3ccccc3)ccc1n2-c1ccccc1. The highest BCUT2D eigenvalue weighted by Crippen LogP contribution is 2.41. The van der Waals surface area contributed by atoms with Gasteiger partial charge in [-0.3, -0.25) is 0 Å². The van der Waals surface area contributed by atoms with Crippen molar-refractivity contribution >= 4 is 49.3 Å². The molecule has 9 aromatic carbocycles. The first kappa shape index (κ1) is 38.7. The lowest BCUT2D eigenvalue weighted by Gasteiger charge is -2.23. The van der Waals surface area contributed by atoms with Crippen LogP contribution in [0.15, 0.2) is 241 Å². The number of fused-ring (bicyclic) bond motifs is 6. The number of benzene rings is 9. The second-order valence-corrected chi connectivity index (χ2v) is 17.5. The molecule has 11 aromatic rings. The van der Waals surface area contributed by atoms with Crippen LogP contribution in [-0.4, -0.2) is 4.57 Å². The summed E-state index contributed by atoms with van der Waals surface area (Å²) >= 11 is 0. The maximum absolute atomic E-state index is 6.44. The van der Waals surface area contributed by atoms with Gasteiger partial charge >= 0.3 is 0 Å². The van der Waals surface area contributed by atoms with E-state index in [1.807, 2.05) is 6.07 Å². The lowest BCUT2D eigenvalue weighted by atomic mass is 9.82. The molecule has 310 valence electrons. The Balaban J connectivity index is 0.830. The van der Waals surface area contributed by atoms with Crippen molar-refractivity contribution in [2.75, 3.05) is 0 Å². The van der Waals surface area contributed by atoms with Crippen LogP contribution in [-0.2, 0) is 0 Å². The van der Waals surface area contributed by atoms with Crippen LogP contribution in [0.5, 0.6) is 0 Å². The molecule has 0 radical (unpaired) electrons. The smallest absolute Gasteiger partial charge is 0.143 e. The van der Waals surface area contributed by atoms with E-state index in [2.05, 4.69) is 235 Å². The van der Waals surface area contributed by atoms with E-state index in [-0.39, 0.29) is 5.92 Å². The maximum Gasteiger partial charge on any atom is 0.143 e. The van der Waals surface area contributed by atoms with E-state index in [1.165, 1.54) is 77.6 Å². The zero-order valence-corrected chi connectivity index (χ0v) is 36.1. The number of aromatic nitrogens is 1. The second-order valence-electron chi connectivity index (χ2n) is 17.5. The molecule has 1 aliphatic carbocycles. The topological polar surface area (TPSA) is 18.1 Å². The lowest BCUT2D eigenvalue weighted by molar-refractivity contribution is 0.537. The Morgan fingerprint density at radius 1 is 0.462 bits per heavy atom. The molecule has 2 atom stereocenters. The van der Waals surface area contributed by atoms with Gasteiger partial charge in [-0.1, -0.05) is 194 Å². The molecule has 0 amide bonds. The van der Waals surface area contributed by atoms with Gasteiger partial charge in [-0.25, -0.2) is 0 Å². The van der Waals surface area contributed by atoms with Crippen LogP contribution in [0.1, 0.15) is 41.9 Å². The Kier molecular flexibility index (Phi) is 9.91. The fourth-order valence-corrected chi connectivity index (χ4v) is 10.3. The Morgan fingerprint density at radius 3 is 1.69 bits per heavy atom. The Labute approximate surface area is 380 Å². The minimum Gasteiger partial charge on any atom is -0.455 e. The van der Waals surface area contributed by atoms with Crippen LogP contribution < -0.4 is 0 Å². The van der Waals surface area contributed by atoms with Gasteiger partial charge in [0, 0.05) is 38.7 Å². The van der Waals surface area contributed by atoms with Gasteiger partial charge in [0.2, 0.25) is 0 Å². The standard InChI is InChI=1S/C63H47NO/c1-4-13-44(14-5-1)46-28-30-48(31-29-46)54(49-32-34-50(35-33-49)55-20-12-21-57-56-19-10-11-22-62(56)65-63(55)57)38-25-43-23-26-47(27-24-43)52-37-40-61-59(42-52)58-41-51(45-15-6-2-7-16-45)36-39-60(58)64(61)53-17-8-3-9-18-53/h1-23,26-37,39-43,54H,24-25,38H2. The number of rotatable bonds is 10. The monoisotopic (exact) mass is 833 g/mol. The Bertz CT molecular complexity index is 3540. The van der Waals surface area contributed by atoms with E-state index in [1.54, 1.807) is 0 Å². The molecule has 0 saturated heterocycles. The van der Waals surface area contributed by atoms with Gasteiger partial charge in [0.25, 0.3) is 0 Å². The fraction of sp³-hybridized carbons (Fsp3) is 0.0794. The summed E-state index contributed by atoms with van der Waals surface area (Å²) in [5, 5.41) is 4.86. The average molecular weight is 834 g/mol. The summed E-state index contributed by atoms with van der Waals surface area (Å²) in [5.74, 6) is 0.728. The number of nitrogens with zero attached hydrogens (tertiary/aromatic N) is 1. The first-order valence-electron chi connectivity index (χ1n) is 23.0. The highest BCUT2D eigenvalue weighted by atomic mass is 16.3. The third-order valence-electron chi connectivity index (χ3n) is 13.7. The molecule has 12 rings (SSSR count). The first-order chi connectivity index (χ1) is 32.2. The van der Waals surface area contributed by atoms with E-state index in [0.29, 0.717) is 5.92 Å². The highest BCUT2D eigenvalue weighted by Gasteiger charge is 2.21. The molecule has 0 saturated carbocycles. The average Bonchev–Trinajstić information content (AvgIpc) is 3.93. The minimum absolute atomic E-state index is 0.264. The molecule has 0 bridgehead atoms. The predicted octanol–water partition coefficient (Wildman–Crippen LogP) is 17.3. The third-order valence-corrected chi connectivity index (χ3v) is 13.7. The molecule has 65 heavy (non-hydrogen) atoms. The molecule has 2 unspecified atom stereocenters. The molecule has 2 heterocycles. The molecular formula is C63H47NO. The van der Waals surface area contributed by atoms with Crippen LogP contribution >= 0.6 is 0 Å². The van der Waals surface area contributed by atoms with Gasteiger partial charge in [0.05, 0.1) is 11.0 Å². The largest absolute Gasteiger partial charge is 0.455 e. The minimum atomic E-state index is 0.264. The summed E-state index contributed by atoms with van der Waals surface area (Å²) in [6.45, 7) is 0. The number of furan rings is 1. The van der Waals surface area contributed by atoms with Crippen molar-refractivity contribution in [1.29, 1.82) is 0 Å². The number of hydrogen-bond acceptors (Lipinski definition) is 1. The van der Waals surface area contributed by atoms with Gasteiger partial charge in [0.15, 0.2) is 0 Å². The summed E-state index contributed by atoms with van der Waals surface area (Å²) < 4.78 is 8.84. The quantitative estimate of drug-likeness (QED) is 0.134. The Hall–Kier alpha value is -7.94. The van der Waals surface area contributed by atoms with Gasteiger partial charge in [-0.15, -0.1) is 0 Å². The van der Waals surface area contributed by atoms with Crippen molar-refractivity contribution in [1.82, 2.24) is 4.57 Å². The molecule has 0 N–H and O–H groups in total. The number of allylic oxidation sites excluding steroid dienone is 4. The molecule has 2 heteroatoms. The van der Waals surface area contributed by atoms with Crippen LogP contribution in [0.25, 0.3) is 88.4 Å². The van der Waals surface area contributed by atoms with Gasteiger partial charge in [0.1, 0.15) is 11.2 Å². The molecule has 0 aliphatic heterocycles. The Morgan fingerprint density at radius 2 is 1.02 bits per heavy atom. The van der Waals surface area contributed by atoms with E-state index >= 15 is 0 Å².